The third-order valence-electron chi connectivity index (χ3n) is 2.16. The molecule has 2 rings (SSSR count). The minimum absolute atomic E-state index is 0.0112. The third kappa shape index (κ3) is 1.70. The zero-order valence-corrected chi connectivity index (χ0v) is 10.4. The molecule has 84 valence electrons. The molecular weight excluding hydrogens is 300 g/mol. The molecule has 0 radical (unpaired) electrons. The predicted octanol–water partition coefficient (Wildman–Crippen LogP) is 3.51. The molecule has 0 amide bonds. The standard InChI is InChI=1S/C10H6BrClFNO2/c1-16-10(15)7-2-4-6(14-7)3-5(11)8(12)9(4)13/h2-3,14H,1H3. The number of nitrogens with one attached hydrogen (secondary N) is 1. The van der Waals surface area contributed by atoms with E-state index < -0.39 is 11.8 Å². The monoisotopic (exact) mass is 305 g/mol. The number of hydrogen-bond donors (Lipinski definition) is 1. The van der Waals surface area contributed by atoms with Gasteiger partial charge in [0.05, 0.1) is 17.6 Å². The maximum Gasteiger partial charge on any atom is 0.354 e. The second-order valence-corrected chi connectivity index (χ2v) is 4.35. The summed E-state index contributed by atoms with van der Waals surface area (Å²) in [6.45, 7) is 0. The number of methoxy groups -OCH3 is 1. The third-order valence-corrected chi connectivity index (χ3v) is 3.39. The van der Waals surface area contributed by atoms with Gasteiger partial charge in [-0.2, -0.15) is 0 Å². The second-order valence-electron chi connectivity index (χ2n) is 3.12. The van der Waals surface area contributed by atoms with Crippen molar-refractivity contribution in [2.24, 2.45) is 0 Å². The fourth-order valence-corrected chi connectivity index (χ4v) is 1.96. The van der Waals surface area contributed by atoms with Crippen molar-refractivity contribution in [2.75, 3.05) is 7.11 Å². The van der Waals surface area contributed by atoms with Crippen molar-refractivity contribution < 1.29 is 13.9 Å². The van der Waals surface area contributed by atoms with Gasteiger partial charge in [0.15, 0.2) is 5.82 Å². The zero-order chi connectivity index (χ0) is 11.9. The van der Waals surface area contributed by atoms with E-state index in [1.165, 1.54) is 13.2 Å². The SMILES string of the molecule is COC(=O)c1cc2c(F)c(Cl)c(Br)cc2[nH]1. The number of rotatable bonds is 1. The summed E-state index contributed by atoms with van der Waals surface area (Å²) in [7, 11) is 1.26. The van der Waals surface area contributed by atoms with Gasteiger partial charge in [-0.05, 0) is 28.1 Å². The number of ether oxygens (including phenoxy) is 1. The van der Waals surface area contributed by atoms with E-state index in [2.05, 4.69) is 25.7 Å². The summed E-state index contributed by atoms with van der Waals surface area (Å²) in [4.78, 5) is 14.0. The number of halogens is 3. The molecule has 0 saturated carbocycles. The lowest BCUT2D eigenvalue weighted by molar-refractivity contribution is 0.0595. The van der Waals surface area contributed by atoms with Crippen LogP contribution in [0, 0.1) is 5.82 Å². The molecule has 0 saturated heterocycles. The van der Waals surface area contributed by atoms with Gasteiger partial charge in [0.1, 0.15) is 5.69 Å². The number of aromatic amines is 1. The lowest BCUT2D eigenvalue weighted by Crippen LogP contribution is -2.00. The zero-order valence-electron chi connectivity index (χ0n) is 8.11. The van der Waals surface area contributed by atoms with E-state index in [0.29, 0.717) is 9.99 Å². The lowest BCUT2D eigenvalue weighted by Gasteiger charge is -1.98. The van der Waals surface area contributed by atoms with Crippen molar-refractivity contribution >= 4 is 44.4 Å². The van der Waals surface area contributed by atoms with Crippen LogP contribution < -0.4 is 0 Å². The number of esters is 1. The molecule has 0 spiro atoms. The van der Waals surface area contributed by atoms with E-state index in [4.69, 9.17) is 11.6 Å². The topological polar surface area (TPSA) is 42.1 Å². The minimum Gasteiger partial charge on any atom is -0.464 e. The molecule has 0 unspecified atom stereocenters. The van der Waals surface area contributed by atoms with Gasteiger partial charge in [0, 0.05) is 9.86 Å². The summed E-state index contributed by atoms with van der Waals surface area (Å²) in [6, 6.07) is 2.97. The molecule has 0 fully saturated rings. The number of benzene rings is 1. The molecule has 6 heteroatoms. The van der Waals surface area contributed by atoms with Crippen LogP contribution in [0.2, 0.25) is 5.02 Å². The average molecular weight is 307 g/mol. The van der Waals surface area contributed by atoms with Crippen LogP contribution >= 0.6 is 27.5 Å². The molecule has 1 N–H and O–H groups in total. The van der Waals surface area contributed by atoms with Gasteiger partial charge >= 0.3 is 5.97 Å². The first-order valence-electron chi connectivity index (χ1n) is 4.29. The Labute approximate surface area is 104 Å². The normalized spacial score (nSPS) is 10.8. The number of carbonyl (C=O) groups is 1. The van der Waals surface area contributed by atoms with Crippen LogP contribution in [0.1, 0.15) is 10.5 Å². The van der Waals surface area contributed by atoms with Crippen molar-refractivity contribution in [3.63, 3.8) is 0 Å². The highest BCUT2D eigenvalue weighted by Gasteiger charge is 2.15. The summed E-state index contributed by atoms with van der Waals surface area (Å²) in [5, 5.41) is 0.247. The molecule has 0 aliphatic carbocycles. The first-order valence-corrected chi connectivity index (χ1v) is 5.46. The van der Waals surface area contributed by atoms with Crippen molar-refractivity contribution in [3.05, 3.63) is 33.1 Å². The van der Waals surface area contributed by atoms with Crippen molar-refractivity contribution in [3.8, 4) is 0 Å². The minimum atomic E-state index is -0.572. The molecule has 0 aliphatic heterocycles. The Morgan fingerprint density at radius 2 is 2.25 bits per heavy atom. The van der Waals surface area contributed by atoms with Crippen LogP contribution in [0.5, 0.6) is 0 Å². The summed E-state index contributed by atoms with van der Waals surface area (Å²) in [5.74, 6) is -1.12. The highest BCUT2D eigenvalue weighted by atomic mass is 79.9. The summed E-state index contributed by atoms with van der Waals surface area (Å²) >= 11 is 8.85. The lowest BCUT2D eigenvalue weighted by atomic mass is 10.2. The second kappa shape index (κ2) is 4.07. The van der Waals surface area contributed by atoms with Crippen molar-refractivity contribution in [1.82, 2.24) is 4.98 Å². The van der Waals surface area contributed by atoms with Crippen LogP contribution in [-0.4, -0.2) is 18.1 Å². The van der Waals surface area contributed by atoms with E-state index in [9.17, 15) is 9.18 Å². The van der Waals surface area contributed by atoms with Crippen LogP contribution in [0.25, 0.3) is 10.9 Å². The molecular formula is C10H6BrClFNO2. The largest absolute Gasteiger partial charge is 0.464 e. The van der Waals surface area contributed by atoms with Crippen molar-refractivity contribution in [2.45, 2.75) is 0 Å². The maximum atomic E-state index is 13.7. The van der Waals surface area contributed by atoms with Gasteiger partial charge in [-0.3, -0.25) is 0 Å². The van der Waals surface area contributed by atoms with Crippen molar-refractivity contribution in [1.29, 1.82) is 0 Å². The Balaban J connectivity index is 2.71. The number of fused-ring (bicyclic) bond motifs is 1. The highest BCUT2D eigenvalue weighted by molar-refractivity contribution is 9.10. The van der Waals surface area contributed by atoms with Crippen LogP contribution in [0.15, 0.2) is 16.6 Å². The molecule has 1 aromatic heterocycles. The maximum absolute atomic E-state index is 13.7. The molecule has 1 heterocycles. The number of hydrogen-bond acceptors (Lipinski definition) is 2. The van der Waals surface area contributed by atoms with E-state index in [-0.39, 0.29) is 16.1 Å². The van der Waals surface area contributed by atoms with Gasteiger partial charge in [-0.1, -0.05) is 11.6 Å². The summed E-state index contributed by atoms with van der Waals surface area (Å²) in [6.07, 6.45) is 0. The Kier molecular flexibility index (Phi) is 2.90. The quantitative estimate of drug-likeness (QED) is 0.647. The molecule has 0 bridgehead atoms. The fourth-order valence-electron chi connectivity index (χ4n) is 1.40. The average Bonchev–Trinajstić information content (AvgIpc) is 2.69. The van der Waals surface area contributed by atoms with Crippen LogP contribution in [-0.2, 0) is 4.74 Å². The Bertz CT molecular complexity index is 582. The van der Waals surface area contributed by atoms with Gasteiger partial charge in [0.25, 0.3) is 0 Å². The predicted molar refractivity (Wildman–Crippen MR) is 62.3 cm³/mol. The van der Waals surface area contributed by atoms with E-state index in [1.54, 1.807) is 6.07 Å². The molecule has 2 aromatic rings. The number of H-pyrrole nitrogens is 1. The van der Waals surface area contributed by atoms with E-state index in [0.717, 1.165) is 0 Å². The van der Waals surface area contributed by atoms with E-state index in [1.807, 2.05) is 0 Å². The number of aromatic nitrogens is 1. The van der Waals surface area contributed by atoms with Crippen LogP contribution in [0.4, 0.5) is 4.39 Å². The summed E-state index contributed by atoms with van der Waals surface area (Å²) in [5.41, 5.74) is 0.666. The fraction of sp³-hybridized carbons (Fsp3) is 0.100. The first-order chi connectivity index (χ1) is 7.54. The molecule has 0 aliphatic rings. The Morgan fingerprint density at radius 3 is 2.88 bits per heavy atom. The van der Waals surface area contributed by atoms with Gasteiger partial charge in [-0.25, -0.2) is 9.18 Å². The van der Waals surface area contributed by atoms with Crippen LogP contribution in [0.3, 0.4) is 0 Å². The first kappa shape index (κ1) is 11.4. The number of carbonyl (C=O) groups excluding carboxylic acids is 1. The Hall–Kier alpha value is -1.07. The van der Waals surface area contributed by atoms with Gasteiger partial charge in [0.2, 0.25) is 0 Å². The Morgan fingerprint density at radius 1 is 1.56 bits per heavy atom. The molecule has 0 atom stereocenters. The smallest absolute Gasteiger partial charge is 0.354 e. The molecule has 1 aromatic carbocycles. The van der Waals surface area contributed by atoms with Gasteiger partial charge < -0.3 is 9.72 Å². The highest BCUT2D eigenvalue weighted by Crippen LogP contribution is 2.32. The van der Waals surface area contributed by atoms with Gasteiger partial charge in [-0.15, -0.1) is 0 Å². The molecule has 16 heavy (non-hydrogen) atoms. The molecule has 3 nitrogen and oxygen atoms in total. The summed E-state index contributed by atoms with van der Waals surface area (Å²) < 4.78 is 18.7. The van der Waals surface area contributed by atoms with E-state index >= 15 is 0 Å².